The van der Waals surface area contributed by atoms with Crippen molar-refractivity contribution in [3.63, 3.8) is 0 Å². The molecule has 146 valence electrons. The molecular formula is C21H19N5O3. The van der Waals surface area contributed by atoms with Gasteiger partial charge in [-0.15, -0.1) is 0 Å². The van der Waals surface area contributed by atoms with E-state index in [0.29, 0.717) is 11.3 Å². The molecule has 8 nitrogen and oxygen atoms in total. The number of benzene rings is 1. The first-order chi connectivity index (χ1) is 13.8. The van der Waals surface area contributed by atoms with E-state index in [9.17, 15) is 14.4 Å². The summed E-state index contributed by atoms with van der Waals surface area (Å²) in [6.07, 6.45) is 1.43. The summed E-state index contributed by atoms with van der Waals surface area (Å²) in [6.45, 7) is 3.78. The summed E-state index contributed by atoms with van der Waals surface area (Å²) in [7, 11) is 2.95. The number of hydrogen-bond acceptors (Lipinski definition) is 5. The van der Waals surface area contributed by atoms with Crippen LogP contribution in [0.1, 0.15) is 21.6 Å². The lowest BCUT2D eigenvalue weighted by atomic mass is 10.0. The molecule has 0 aliphatic heterocycles. The third-order valence-electron chi connectivity index (χ3n) is 4.89. The molecule has 1 N–H and O–H groups in total. The van der Waals surface area contributed by atoms with E-state index in [0.717, 1.165) is 26.7 Å². The summed E-state index contributed by atoms with van der Waals surface area (Å²) >= 11 is 0. The van der Waals surface area contributed by atoms with Gasteiger partial charge in [0.2, 0.25) is 0 Å². The predicted octanol–water partition coefficient (Wildman–Crippen LogP) is 2.05. The molecule has 1 amide bonds. The molecule has 8 heteroatoms. The lowest BCUT2D eigenvalue weighted by molar-refractivity contribution is 0.102. The molecule has 0 fully saturated rings. The van der Waals surface area contributed by atoms with E-state index in [-0.39, 0.29) is 16.9 Å². The van der Waals surface area contributed by atoms with Gasteiger partial charge in [0, 0.05) is 25.2 Å². The van der Waals surface area contributed by atoms with Crippen LogP contribution in [0.25, 0.3) is 21.9 Å². The van der Waals surface area contributed by atoms with Gasteiger partial charge in [-0.3, -0.25) is 23.7 Å². The van der Waals surface area contributed by atoms with E-state index in [1.54, 1.807) is 13.1 Å². The number of hydrogen-bond donors (Lipinski definition) is 1. The minimum atomic E-state index is -0.465. The number of aryl methyl sites for hydroxylation is 3. The van der Waals surface area contributed by atoms with E-state index in [1.165, 1.54) is 23.9 Å². The molecule has 29 heavy (non-hydrogen) atoms. The van der Waals surface area contributed by atoms with Gasteiger partial charge >= 0.3 is 5.69 Å². The number of aromatic nitrogens is 4. The Hall–Kier alpha value is -3.81. The second-order valence-corrected chi connectivity index (χ2v) is 7.09. The molecule has 0 unspecified atom stereocenters. The highest BCUT2D eigenvalue weighted by atomic mass is 16.2. The molecule has 0 saturated carbocycles. The van der Waals surface area contributed by atoms with Gasteiger partial charge in [-0.05, 0) is 38.1 Å². The number of rotatable bonds is 2. The third kappa shape index (κ3) is 3.08. The topological polar surface area (TPSA) is 98.9 Å². The van der Waals surface area contributed by atoms with Crippen molar-refractivity contribution in [2.75, 3.05) is 5.32 Å². The van der Waals surface area contributed by atoms with Crippen molar-refractivity contribution in [3.8, 4) is 0 Å². The van der Waals surface area contributed by atoms with Gasteiger partial charge in [-0.2, -0.15) is 0 Å². The fourth-order valence-electron chi connectivity index (χ4n) is 3.39. The molecule has 3 heterocycles. The summed E-state index contributed by atoms with van der Waals surface area (Å²) in [6, 6.07) is 9.01. The molecule has 0 atom stereocenters. The van der Waals surface area contributed by atoms with Crippen molar-refractivity contribution in [1.29, 1.82) is 0 Å². The van der Waals surface area contributed by atoms with Gasteiger partial charge in [0.15, 0.2) is 0 Å². The maximum atomic E-state index is 13.0. The van der Waals surface area contributed by atoms with Crippen LogP contribution in [0.15, 0.2) is 46.1 Å². The number of anilines is 1. The zero-order chi connectivity index (χ0) is 20.9. The van der Waals surface area contributed by atoms with Crippen molar-refractivity contribution in [2.24, 2.45) is 14.1 Å². The zero-order valence-electron chi connectivity index (χ0n) is 16.5. The molecule has 4 aromatic rings. The van der Waals surface area contributed by atoms with Crippen LogP contribution in [-0.2, 0) is 14.1 Å². The maximum absolute atomic E-state index is 13.0. The molecule has 0 saturated heterocycles. The molecule has 0 aliphatic rings. The first-order valence-corrected chi connectivity index (χ1v) is 9.01. The largest absolute Gasteiger partial charge is 0.332 e. The first-order valence-electron chi connectivity index (χ1n) is 9.01. The first kappa shape index (κ1) is 18.5. The highest BCUT2D eigenvalue weighted by Gasteiger charge is 2.15. The van der Waals surface area contributed by atoms with E-state index < -0.39 is 11.2 Å². The summed E-state index contributed by atoms with van der Waals surface area (Å²) in [5.41, 5.74) is 2.69. The van der Waals surface area contributed by atoms with Gasteiger partial charge in [0.1, 0.15) is 5.65 Å². The number of carbonyl (C=O) groups excluding carboxylic acids is 1. The fraction of sp³-hybridized carbons (Fsp3) is 0.190. The van der Waals surface area contributed by atoms with Crippen LogP contribution in [0.5, 0.6) is 0 Å². The Morgan fingerprint density at radius 3 is 2.52 bits per heavy atom. The average molecular weight is 389 g/mol. The van der Waals surface area contributed by atoms with Crippen molar-refractivity contribution in [1.82, 2.24) is 19.1 Å². The molecule has 0 aliphatic carbocycles. The van der Waals surface area contributed by atoms with Crippen LogP contribution in [-0.4, -0.2) is 25.0 Å². The van der Waals surface area contributed by atoms with Gasteiger partial charge in [0.05, 0.1) is 28.4 Å². The highest BCUT2D eigenvalue weighted by molar-refractivity contribution is 6.12. The van der Waals surface area contributed by atoms with Crippen LogP contribution in [0.3, 0.4) is 0 Å². The molecular weight excluding hydrogens is 370 g/mol. The van der Waals surface area contributed by atoms with E-state index >= 15 is 0 Å². The highest BCUT2D eigenvalue weighted by Crippen LogP contribution is 2.22. The van der Waals surface area contributed by atoms with Crippen molar-refractivity contribution in [3.05, 3.63) is 74.2 Å². The normalized spacial score (nSPS) is 11.2. The molecule has 3 aromatic heterocycles. The van der Waals surface area contributed by atoms with E-state index in [1.807, 2.05) is 32.0 Å². The van der Waals surface area contributed by atoms with Crippen LogP contribution in [0, 0.1) is 13.8 Å². The number of fused-ring (bicyclic) bond motifs is 2. The molecule has 0 bridgehead atoms. The molecule has 0 radical (unpaired) electrons. The smallest absolute Gasteiger partial charge is 0.321 e. The fourth-order valence-corrected chi connectivity index (χ4v) is 3.39. The van der Waals surface area contributed by atoms with Crippen LogP contribution in [0.2, 0.25) is 0 Å². The monoisotopic (exact) mass is 389 g/mol. The summed E-state index contributed by atoms with van der Waals surface area (Å²) in [5.74, 6) is -0.325. The van der Waals surface area contributed by atoms with Crippen LogP contribution >= 0.6 is 0 Å². The second kappa shape index (κ2) is 6.66. The Morgan fingerprint density at radius 2 is 1.76 bits per heavy atom. The number of pyridine rings is 2. The number of carbonyl (C=O) groups is 1. The summed E-state index contributed by atoms with van der Waals surface area (Å²) < 4.78 is 2.31. The third-order valence-corrected chi connectivity index (χ3v) is 4.89. The minimum Gasteiger partial charge on any atom is -0.321 e. The van der Waals surface area contributed by atoms with E-state index in [4.69, 9.17) is 0 Å². The Bertz CT molecular complexity index is 1430. The lowest BCUT2D eigenvalue weighted by Crippen LogP contribution is -2.37. The quantitative estimate of drug-likeness (QED) is 0.566. The number of nitrogens with zero attached hydrogens (tertiary/aromatic N) is 4. The summed E-state index contributed by atoms with van der Waals surface area (Å²) in [4.78, 5) is 46.2. The average Bonchev–Trinajstić information content (AvgIpc) is 2.70. The lowest BCUT2D eigenvalue weighted by Gasteiger charge is -2.11. The van der Waals surface area contributed by atoms with Gasteiger partial charge < -0.3 is 5.32 Å². The van der Waals surface area contributed by atoms with E-state index in [2.05, 4.69) is 15.3 Å². The molecule has 0 spiro atoms. The van der Waals surface area contributed by atoms with Gasteiger partial charge in [0.25, 0.3) is 11.5 Å². The van der Waals surface area contributed by atoms with Crippen molar-refractivity contribution in [2.45, 2.75) is 13.8 Å². The maximum Gasteiger partial charge on any atom is 0.332 e. The zero-order valence-corrected chi connectivity index (χ0v) is 16.5. The summed E-state index contributed by atoms with van der Waals surface area (Å²) in [5, 5.41) is 3.80. The van der Waals surface area contributed by atoms with Crippen LogP contribution in [0.4, 0.5) is 5.69 Å². The van der Waals surface area contributed by atoms with Crippen molar-refractivity contribution < 1.29 is 4.79 Å². The van der Waals surface area contributed by atoms with Gasteiger partial charge in [-0.25, -0.2) is 9.78 Å². The molecule has 1 aromatic carbocycles. The standard InChI is InChI=1S/C21H19N5O3/c1-11-5-6-17-14(7-11)15(8-12(2)23-17)19(27)24-13-9-16-18(22-10-13)25(3)21(29)26(4)20(16)28/h5-10H,1-4H3,(H,24,27). The Labute approximate surface area is 165 Å². The Kier molecular flexibility index (Phi) is 4.26. The van der Waals surface area contributed by atoms with Crippen LogP contribution < -0.4 is 16.6 Å². The predicted molar refractivity (Wildman–Crippen MR) is 111 cm³/mol. The van der Waals surface area contributed by atoms with Gasteiger partial charge in [-0.1, -0.05) is 11.6 Å². The van der Waals surface area contributed by atoms with Crippen molar-refractivity contribution >= 4 is 33.5 Å². The minimum absolute atomic E-state index is 0.249. The Balaban J connectivity index is 1.81. The molecule has 4 rings (SSSR count). The SMILES string of the molecule is Cc1ccc2nc(C)cc(C(=O)Nc3cnc4c(c3)c(=O)n(C)c(=O)n4C)c2c1. The number of nitrogens with one attached hydrogen (secondary N) is 1. The number of amides is 1. The second-order valence-electron chi connectivity index (χ2n) is 7.09. The Morgan fingerprint density at radius 1 is 1.00 bits per heavy atom.